The zero-order valence-electron chi connectivity index (χ0n) is 33.7. The molecule has 0 fully saturated rings. The highest BCUT2D eigenvalue weighted by Crippen LogP contribution is 2.44. The highest BCUT2D eigenvalue weighted by atomic mass is 16.3. The van der Waals surface area contributed by atoms with Gasteiger partial charge < -0.3 is 8.98 Å². The minimum Gasteiger partial charge on any atom is -0.455 e. The number of amidine groups is 1. The number of fused-ring (bicyclic) bond motifs is 11. The molecule has 4 nitrogen and oxygen atoms in total. The molecule has 0 radical (unpaired) electrons. The van der Waals surface area contributed by atoms with Gasteiger partial charge in [-0.15, -0.1) is 0 Å². The molecule has 4 heteroatoms. The van der Waals surface area contributed by atoms with E-state index in [0.29, 0.717) is 5.84 Å². The standard InChI is InChI=1S/C58H37N3O/c1-2-18-40-35-54-49(34-39(40)17-1)45-24-9-10-29-52(45)61(54)53-33-32-47-46-31-30-38-16-5-8-23-43(38)56(46)62-57(47)55(53)51-28-13-27-50(44-25-11-19-36-14-3-6-21-41(36)44)59-58(60-51)48-26-12-20-37-15-4-7-22-42(37)48/h1-12,14-26,28-35H,13,27H2/b51-28-,59-50+,60-58-. The van der Waals surface area contributed by atoms with Crippen LogP contribution < -0.4 is 0 Å². The minimum atomic E-state index is 0.674. The second kappa shape index (κ2) is 13.7. The lowest BCUT2D eigenvalue weighted by atomic mass is 9.96. The molecule has 0 aliphatic carbocycles. The van der Waals surface area contributed by atoms with Gasteiger partial charge in [-0.05, 0) is 86.9 Å². The quantitative estimate of drug-likeness (QED) is 0.175. The molecule has 12 aromatic rings. The second-order valence-corrected chi connectivity index (χ2v) is 16.3. The van der Waals surface area contributed by atoms with E-state index in [0.717, 1.165) is 101 Å². The van der Waals surface area contributed by atoms with E-state index in [9.17, 15) is 0 Å². The first kappa shape index (κ1) is 34.8. The summed E-state index contributed by atoms with van der Waals surface area (Å²) in [5, 5.41) is 13.8. The molecule has 62 heavy (non-hydrogen) atoms. The van der Waals surface area contributed by atoms with Gasteiger partial charge >= 0.3 is 0 Å². The molecule has 0 amide bonds. The van der Waals surface area contributed by atoms with Crippen LogP contribution in [0.5, 0.6) is 0 Å². The minimum absolute atomic E-state index is 0.674. The summed E-state index contributed by atoms with van der Waals surface area (Å²) < 4.78 is 9.67. The van der Waals surface area contributed by atoms with E-state index >= 15 is 0 Å². The van der Waals surface area contributed by atoms with Crippen LogP contribution in [0.4, 0.5) is 0 Å². The van der Waals surface area contributed by atoms with Crippen molar-refractivity contribution < 1.29 is 4.42 Å². The number of aliphatic imine (C=N–C) groups is 2. The van der Waals surface area contributed by atoms with E-state index in [1.807, 2.05) is 0 Å². The number of nitrogens with zero attached hydrogens (tertiary/aromatic N) is 3. The van der Waals surface area contributed by atoms with Crippen molar-refractivity contribution in [3.05, 3.63) is 217 Å². The van der Waals surface area contributed by atoms with Gasteiger partial charge in [0, 0.05) is 38.1 Å². The van der Waals surface area contributed by atoms with Gasteiger partial charge in [-0.3, -0.25) is 0 Å². The molecule has 10 aromatic carbocycles. The molecule has 0 bridgehead atoms. The summed E-state index contributed by atoms with van der Waals surface area (Å²) in [6.45, 7) is 0. The molecular weight excluding hydrogens is 755 g/mol. The summed E-state index contributed by atoms with van der Waals surface area (Å²) >= 11 is 0. The molecule has 3 heterocycles. The topological polar surface area (TPSA) is 42.8 Å². The summed E-state index contributed by atoms with van der Waals surface area (Å²) in [6, 6.07) is 69.6. The first-order valence-corrected chi connectivity index (χ1v) is 21.4. The number of aromatic nitrogens is 1. The van der Waals surface area contributed by atoms with Crippen LogP contribution in [0.15, 0.2) is 215 Å². The normalized spacial score (nSPS) is 16.2. The maximum absolute atomic E-state index is 7.25. The van der Waals surface area contributed by atoms with E-state index in [-0.39, 0.29) is 0 Å². The van der Waals surface area contributed by atoms with Crippen molar-refractivity contribution in [1.82, 2.24) is 4.57 Å². The summed E-state index contributed by atoms with van der Waals surface area (Å²) in [7, 11) is 0. The molecule has 2 aromatic heterocycles. The van der Waals surface area contributed by atoms with E-state index in [2.05, 4.69) is 205 Å². The van der Waals surface area contributed by atoms with Crippen molar-refractivity contribution in [1.29, 1.82) is 0 Å². The predicted molar refractivity (Wildman–Crippen MR) is 261 cm³/mol. The van der Waals surface area contributed by atoms with Crippen LogP contribution in [0.3, 0.4) is 0 Å². The zero-order valence-corrected chi connectivity index (χ0v) is 33.7. The summed E-state index contributed by atoms with van der Waals surface area (Å²) in [5.74, 6) is 0.674. The predicted octanol–water partition coefficient (Wildman–Crippen LogP) is 15.4. The first-order chi connectivity index (χ1) is 30.7. The highest BCUT2D eigenvalue weighted by Gasteiger charge is 2.25. The van der Waals surface area contributed by atoms with Gasteiger partial charge in [0.25, 0.3) is 0 Å². The van der Waals surface area contributed by atoms with Gasteiger partial charge in [0.1, 0.15) is 11.2 Å². The fourth-order valence-corrected chi connectivity index (χ4v) is 9.99. The van der Waals surface area contributed by atoms with E-state index in [1.54, 1.807) is 0 Å². The molecule has 0 atom stereocenters. The van der Waals surface area contributed by atoms with Crippen LogP contribution in [0.25, 0.3) is 98.2 Å². The average Bonchev–Trinajstić information content (AvgIpc) is 3.86. The Bertz CT molecular complexity index is 3920. The molecular formula is C58H37N3O. The van der Waals surface area contributed by atoms with Crippen LogP contribution in [0.2, 0.25) is 0 Å². The van der Waals surface area contributed by atoms with E-state index in [4.69, 9.17) is 14.4 Å². The molecule has 290 valence electrons. The number of hydrogen-bond donors (Lipinski definition) is 0. The third kappa shape index (κ3) is 5.33. The Labute approximate surface area is 357 Å². The Morgan fingerprint density at radius 3 is 1.76 bits per heavy atom. The fraction of sp³-hybridized carbons (Fsp3) is 0.0345. The van der Waals surface area contributed by atoms with Gasteiger partial charge in [-0.2, -0.15) is 0 Å². The Hall–Kier alpha value is -8.08. The Kier molecular flexibility index (Phi) is 7.70. The van der Waals surface area contributed by atoms with E-state index in [1.165, 1.54) is 32.3 Å². The van der Waals surface area contributed by atoms with Crippen molar-refractivity contribution in [2.75, 3.05) is 0 Å². The average molecular weight is 792 g/mol. The van der Waals surface area contributed by atoms with Crippen LogP contribution in [-0.2, 0) is 0 Å². The maximum atomic E-state index is 7.25. The smallest absolute Gasteiger partial charge is 0.160 e. The van der Waals surface area contributed by atoms with Crippen LogP contribution in [0.1, 0.15) is 29.5 Å². The van der Waals surface area contributed by atoms with Crippen molar-refractivity contribution in [3.8, 4) is 5.69 Å². The van der Waals surface area contributed by atoms with Gasteiger partial charge in [-0.1, -0.05) is 164 Å². The van der Waals surface area contributed by atoms with Gasteiger partial charge in [-0.25, -0.2) is 9.98 Å². The van der Waals surface area contributed by atoms with Crippen molar-refractivity contribution in [3.63, 3.8) is 0 Å². The maximum Gasteiger partial charge on any atom is 0.160 e. The van der Waals surface area contributed by atoms with E-state index < -0.39 is 0 Å². The molecule has 0 saturated carbocycles. The van der Waals surface area contributed by atoms with Crippen molar-refractivity contribution in [2.45, 2.75) is 12.8 Å². The van der Waals surface area contributed by atoms with Gasteiger partial charge in [0.05, 0.1) is 33.7 Å². The van der Waals surface area contributed by atoms with Crippen LogP contribution in [0, 0.1) is 0 Å². The number of hydrogen-bond acceptors (Lipinski definition) is 3. The molecule has 13 rings (SSSR count). The van der Waals surface area contributed by atoms with Gasteiger partial charge in [0.15, 0.2) is 5.84 Å². The third-order valence-corrected chi connectivity index (χ3v) is 12.9. The molecule has 0 spiro atoms. The Morgan fingerprint density at radius 2 is 0.984 bits per heavy atom. The summed E-state index contributed by atoms with van der Waals surface area (Å²) in [6.07, 6.45) is 3.79. The molecule has 0 unspecified atom stereocenters. The summed E-state index contributed by atoms with van der Waals surface area (Å²) in [4.78, 5) is 11.4. The van der Waals surface area contributed by atoms with Gasteiger partial charge in [0.2, 0.25) is 0 Å². The molecule has 1 aliphatic heterocycles. The monoisotopic (exact) mass is 791 g/mol. The summed E-state index contributed by atoms with van der Waals surface area (Å²) in [5.41, 5.74) is 9.88. The number of benzene rings is 10. The largest absolute Gasteiger partial charge is 0.455 e. The third-order valence-electron chi connectivity index (χ3n) is 12.9. The lowest BCUT2D eigenvalue weighted by Crippen LogP contribution is -2.11. The Morgan fingerprint density at radius 1 is 0.403 bits per heavy atom. The molecule has 1 aliphatic rings. The van der Waals surface area contributed by atoms with Crippen LogP contribution >= 0.6 is 0 Å². The highest BCUT2D eigenvalue weighted by molar-refractivity contribution is 6.23. The number of furan rings is 1. The number of allylic oxidation sites excluding steroid dienone is 1. The second-order valence-electron chi connectivity index (χ2n) is 16.3. The van der Waals surface area contributed by atoms with Crippen molar-refractivity contribution in [2.24, 2.45) is 9.98 Å². The molecule has 0 N–H and O–H groups in total. The van der Waals surface area contributed by atoms with Crippen LogP contribution in [-0.4, -0.2) is 16.1 Å². The number of para-hydroxylation sites is 1. The lowest BCUT2D eigenvalue weighted by molar-refractivity contribution is 0.671. The lowest BCUT2D eigenvalue weighted by Gasteiger charge is -2.18. The SMILES string of the molecule is C1=C(c2c(-n3c4ccccc4c4cc5ccccc5cc43)ccc3c2oc2c4ccccc4ccc32)/N=C(c2cccc3ccccc23)\N=C(\c2cccc3ccccc23)CC\1. The zero-order chi connectivity index (χ0) is 40.7. The van der Waals surface area contributed by atoms with Crippen molar-refractivity contribution >= 4 is 104 Å². The first-order valence-electron chi connectivity index (χ1n) is 21.4. The number of rotatable bonds is 4. The Balaban J connectivity index is 1.15. The molecule has 0 saturated heterocycles. The fourth-order valence-electron chi connectivity index (χ4n) is 9.99.